The Kier molecular flexibility index (Phi) is 6.54. The maximum Gasteiger partial charge on any atom is 0.261 e. The van der Waals surface area contributed by atoms with Crippen molar-refractivity contribution in [3.63, 3.8) is 0 Å². The molecule has 2 aromatic heterocycles. The number of fused-ring (bicyclic) bond motifs is 1. The molecule has 0 bridgehead atoms. The van der Waals surface area contributed by atoms with Gasteiger partial charge in [-0.15, -0.1) is 11.3 Å². The minimum absolute atomic E-state index is 0.00307. The molecule has 1 N–H and O–H groups in total. The molecule has 154 valence electrons. The summed E-state index contributed by atoms with van der Waals surface area (Å²) in [6.07, 6.45) is 3.70. The molecular formula is C24H24FN3OS. The fraction of sp³-hybridized carbons (Fsp3) is 0.250. The van der Waals surface area contributed by atoms with Crippen molar-refractivity contribution in [2.45, 2.75) is 32.2 Å². The Morgan fingerprint density at radius 2 is 1.83 bits per heavy atom. The van der Waals surface area contributed by atoms with Crippen LogP contribution in [0, 0.1) is 5.82 Å². The van der Waals surface area contributed by atoms with Gasteiger partial charge in [-0.1, -0.05) is 42.8 Å². The number of hydrogen-bond acceptors (Lipinski definition) is 3. The summed E-state index contributed by atoms with van der Waals surface area (Å²) >= 11 is 1.45. The van der Waals surface area contributed by atoms with E-state index in [2.05, 4.69) is 9.88 Å². The van der Waals surface area contributed by atoms with Crippen LogP contribution in [0.3, 0.4) is 0 Å². The summed E-state index contributed by atoms with van der Waals surface area (Å²) in [6, 6.07) is 18.6. The molecule has 0 fully saturated rings. The number of halogens is 1. The number of para-hydroxylation sites is 2. The Labute approximate surface area is 179 Å². The summed E-state index contributed by atoms with van der Waals surface area (Å²) in [6.45, 7) is 1.14. The Balaban J connectivity index is 1.35. The maximum atomic E-state index is 14.2. The van der Waals surface area contributed by atoms with Gasteiger partial charge in [-0.25, -0.2) is 9.37 Å². The first kappa shape index (κ1) is 20.3. The third kappa shape index (κ3) is 4.76. The number of amides is 1. The number of unbranched alkanes of at least 4 members (excludes halogenated alkanes) is 2. The average molecular weight is 422 g/mol. The molecule has 6 heteroatoms. The average Bonchev–Trinajstić information content (AvgIpc) is 3.41. The summed E-state index contributed by atoms with van der Waals surface area (Å²) in [7, 11) is 0. The highest BCUT2D eigenvalue weighted by Crippen LogP contribution is 2.20. The van der Waals surface area contributed by atoms with Gasteiger partial charge < -0.3 is 9.88 Å². The van der Waals surface area contributed by atoms with Gasteiger partial charge in [0.1, 0.15) is 11.6 Å². The molecule has 0 spiro atoms. The van der Waals surface area contributed by atoms with E-state index in [0.29, 0.717) is 18.7 Å². The lowest BCUT2D eigenvalue weighted by molar-refractivity contribution is 0.0957. The van der Waals surface area contributed by atoms with Gasteiger partial charge in [0.2, 0.25) is 0 Å². The lowest BCUT2D eigenvalue weighted by atomic mass is 10.1. The predicted octanol–water partition coefficient (Wildman–Crippen LogP) is 5.43. The molecule has 0 radical (unpaired) electrons. The smallest absolute Gasteiger partial charge is 0.261 e. The van der Waals surface area contributed by atoms with E-state index in [1.165, 1.54) is 17.4 Å². The summed E-state index contributed by atoms with van der Waals surface area (Å²) in [5.41, 5.74) is 2.63. The van der Waals surface area contributed by atoms with Crippen LogP contribution in [0.1, 0.15) is 40.3 Å². The van der Waals surface area contributed by atoms with E-state index in [1.54, 1.807) is 6.07 Å². The Morgan fingerprint density at radius 3 is 2.67 bits per heavy atom. The zero-order valence-electron chi connectivity index (χ0n) is 16.7. The highest BCUT2D eigenvalue weighted by Gasteiger charge is 2.12. The quantitative estimate of drug-likeness (QED) is 0.367. The summed E-state index contributed by atoms with van der Waals surface area (Å²) in [5, 5.41) is 4.87. The monoisotopic (exact) mass is 421 g/mol. The SMILES string of the molecule is O=C(NCCCCCc1nc2ccccc2n1Cc1ccccc1F)c1cccs1. The number of thiophene rings is 1. The third-order valence-electron chi connectivity index (χ3n) is 5.13. The van der Waals surface area contributed by atoms with Gasteiger partial charge in [0.05, 0.1) is 22.5 Å². The zero-order valence-corrected chi connectivity index (χ0v) is 17.5. The molecule has 0 saturated carbocycles. The van der Waals surface area contributed by atoms with Gasteiger partial charge in [0.15, 0.2) is 0 Å². The first-order valence-electron chi connectivity index (χ1n) is 10.2. The van der Waals surface area contributed by atoms with Crippen LogP contribution in [0.25, 0.3) is 11.0 Å². The van der Waals surface area contributed by atoms with Crippen molar-refractivity contribution in [3.05, 3.63) is 88.1 Å². The molecule has 2 aromatic carbocycles. The van der Waals surface area contributed by atoms with Crippen molar-refractivity contribution in [1.82, 2.24) is 14.9 Å². The van der Waals surface area contributed by atoms with Gasteiger partial charge in [-0.2, -0.15) is 0 Å². The molecule has 30 heavy (non-hydrogen) atoms. The molecule has 2 heterocycles. The molecule has 1 amide bonds. The lowest BCUT2D eigenvalue weighted by Crippen LogP contribution is -2.23. The van der Waals surface area contributed by atoms with Crippen LogP contribution in [-0.2, 0) is 13.0 Å². The zero-order chi connectivity index (χ0) is 20.8. The number of hydrogen-bond donors (Lipinski definition) is 1. The van der Waals surface area contributed by atoms with Crippen LogP contribution in [0.5, 0.6) is 0 Å². The highest BCUT2D eigenvalue weighted by molar-refractivity contribution is 7.12. The van der Waals surface area contributed by atoms with E-state index < -0.39 is 0 Å². The largest absolute Gasteiger partial charge is 0.351 e. The van der Waals surface area contributed by atoms with E-state index in [-0.39, 0.29) is 11.7 Å². The van der Waals surface area contributed by atoms with Crippen molar-refractivity contribution in [2.24, 2.45) is 0 Å². The van der Waals surface area contributed by atoms with Crippen molar-refractivity contribution >= 4 is 28.3 Å². The molecule has 4 nitrogen and oxygen atoms in total. The van der Waals surface area contributed by atoms with Crippen LogP contribution in [0.4, 0.5) is 4.39 Å². The molecule has 4 rings (SSSR count). The van der Waals surface area contributed by atoms with Crippen molar-refractivity contribution in [3.8, 4) is 0 Å². The van der Waals surface area contributed by atoms with Crippen LogP contribution >= 0.6 is 11.3 Å². The maximum absolute atomic E-state index is 14.2. The van der Waals surface area contributed by atoms with Gasteiger partial charge in [0, 0.05) is 18.5 Å². The second-order valence-electron chi connectivity index (χ2n) is 7.24. The minimum Gasteiger partial charge on any atom is -0.351 e. The first-order chi connectivity index (χ1) is 14.7. The second kappa shape index (κ2) is 9.67. The van der Waals surface area contributed by atoms with Crippen LogP contribution in [0.15, 0.2) is 66.0 Å². The Morgan fingerprint density at radius 1 is 1.00 bits per heavy atom. The number of rotatable bonds is 9. The first-order valence-corrected chi connectivity index (χ1v) is 11.1. The minimum atomic E-state index is -0.192. The molecule has 0 aliphatic heterocycles. The van der Waals surface area contributed by atoms with E-state index in [4.69, 9.17) is 4.98 Å². The van der Waals surface area contributed by atoms with E-state index >= 15 is 0 Å². The molecule has 0 atom stereocenters. The number of carbonyl (C=O) groups is 1. The summed E-state index contributed by atoms with van der Waals surface area (Å²) < 4.78 is 16.3. The number of nitrogens with one attached hydrogen (secondary N) is 1. The summed E-state index contributed by atoms with van der Waals surface area (Å²) in [4.78, 5) is 17.5. The summed E-state index contributed by atoms with van der Waals surface area (Å²) in [5.74, 6) is 0.779. The van der Waals surface area contributed by atoms with Crippen molar-refractivity contribution < 1.29 is 9.18 Å². The van der Waals surface area contributed by atoms with Gasteiger partial charge >= 0.3 is 0 Å². The predicted molar refractivity (Wildman–Crippen MR) is 119 cm³/mol. The van der Waals surface area contributed by atoms with Crippen molar-refractivity contribution in [2.75, 3.05) is 6.54 Å². The number of aromatic nitrogens is 2. The number of aryl methyl sites for hydroxylation is 1. The normalized spacial score (nSPS) is 11.1. The fourth-order valence-corrected chi connectivity index (χ4v) is 4.21. The lowest BCUT2D eigenvalue weighted by Gasteiger charge is -2.10. The molecule has 4 aromatic rings. The van der Waals surface area contributed by atoms with E-state index in [9.17, 15) is 9.18 Å². The molecular weight excluding hydrogens is 397 g/mol. The molecule has 0 aliphatic rings. The Hall–Kier alpha value is -2.99. The van der Waals surface area contributed by atoms with Crippen LogP contribution in [-0.4, -0.2) is 22.0 Å². The number of imidazole rings is 1. The topological polar surface area (TPSA) is 46.9 Å². The standard InChI is InChI=1S/C24H24FN3OS/c25-19-10-4-3-9-18(19)17-28-21-12-6-5-11-20(21)27-23(28)14-2-1-7-15-26-24(29)22-13-8-16-30-22/h3-6,8-13,16H,1-2,7,14-15,17H2,(H,26,29). The molecule has 0 saturated heterocycles. The highest BCUT2D eigenvalue weighted by atomic mass is 32.1. The van der Waals surface area contributed by atoms with E-state index in [1.807, 2.05) is 53.9 Å². The van der Waals surface area contributed by atoms with E-state index in [0.717, 1.165) is 47.4 Å². The van der Waals surface area contributed by atoms with Gasteiger partial charge in [-0.05, 0) is 42.5 Å². The van der Waals surface area contributed by atoms with Crippen LogP contribution < -0.4 is 5.32 Å². The van der Waals surface area contributed by atoms with Crippen molar-refractivity contribution in [1.29, 1.82) is 0 Å². The third-order valence-corrected chi connectivity index (χ3v) is 6.00. The van der Waals surface area contributed by atoms with Gasteiger partial charge in [-0.3, -0.25) is 4.79 Å². The number of carbonyl (C=O) groups excluding carboxylic acids is 1. The number of nitrogens with zero attached hydrogens (tertiary/aromatic N) is 2. The number of benzene rings is 2. The Bertz CT molecular complexity index is 1120. The molecule has 0 unspecified atom stereocenters. The van der Waals surface area contributed by atoms with Gasteiger partial charge in [0.25, 0.3) is 5.91 Å². The molecule has 0 aliphatic carbocycles. The second-order valence-corrected chi connectivity index (χ2v) is 8.19. The van der Waals surface area contributed by atoms with Crippen LogP contribution in [0.2, 0.25) is 0 Å². The fourth-order valence-electron chi connectivity index (χ4n) is 3.57.